The average molecular weight is 257 g/mol. The van der Waals surface area contributed by atoms with Crippen LogP contribution in [0.25, 0.3) is 0 Å². The van der Waals surface area contributed by atoms with Gasteiger partial charge in [-0.05, 0) is 25.0 Å². The molecule has 0 spiro atoms. The summed E-state index contributed by atoms with van der Waals surface area (Å²) in [5.41, 5.74) is 7.03. The summed E-state index contributed by atoms with van der Waals surface area (Å²) in [5.74, 6) is -0.750. The van der Waals surface area contributed by atoms with Crippen molar-refractivity contribution in [2.24, 2.45) is 5.73 Å². The standard InChI is InChI=1S/C12H16N2O2.ClH/c13-8-9-3-1-4-10(14-9)12(5-2-6-12)7-11(15)16;/h1,3-4H,2,5-8,13H2,(H,15,16);1H. The normalized spacial score (nSPS) is 16.8. The summed E-state index contributed by atoms with van der Waals surface area (Å²) < 4.78 is 0. The van der Waals surface area contributed by atoms with Gasteiger partial charge in [-0.3, -0.25) is 9.78 Å². The van der Waals surface area contributed by atoms with E-state index in [4.69, 9.17) is 10.8 Å². The maximum Gasteiger partial charge on any atom is 0.304 e. The van der Waals surface area contributed by atoms with E-state index in [1.165, 1.54) is 0 Å². The van der Waals surface area contributed by atoms with Crippen LogP contribution in [0.15, 0.2) is 18.2 Å². The highest BCUT2D eigenvalue weighted by atomic mass is 35.5. The molecule has 0 atom stereocenters. The van der Waals surface area contributed by atoms with Crippen LogP contribution in [-0.2, 0) is 16.8 Å². The molecule has 0 aromatic carbocycles. The number of carboxylic acid groups (broad SMARTS) is 1. The third kappa shape index (κ3) is 2.76. The van der Waals surface area contributed by atoms with E-state index in [1.54, 1.807) is 0 Å². The molecule has 4 nitrogen and oxygen atoms in total. The number of aliphatic carboxylic acids is 1. The number of pyridine rings is 1. The van der Waals surface area contributed by atoms with Crippen LogP contribution in [0, 0.1) is 0 Å². The van der Waals surface area contributed by atoms with Crippen molar-refractivity contribution >= 4 is 18.4 Å². The predicted octanol–water partition coefficient (Wildman–Crippen LogP) is 1.86. The van der Waals surface area contributed by atoms with Crippen molar-refractivity contribution in [3.8, 4) is 0 Å². The van der Waals surface area contributed by atoms with E-state index >= 15 is 0 Å². The summed E-state index contributed by atoms with van der Waals surface area (Å²) >= 11 is 0. The summed E-state index contributed by atoms with van der Waals surface area (Å²) in [7, 11) is 0. The van der Waals surface area contributed by atoms with Crippen molar-refractivity contribution in [3.63, 3.8) is 0 Å². The maximum atomic E-state index is 10.9. The van der Waals surface area contributed by atoms with Gasteiger partial charge >= 0.3 is 5.97 Å². The number of nitrogens with two attached hydrogens (primary N) is 1. The van der Waals surface area contributed by atoms with Crippen LogP contribution in [0.1, 0.15) is 37.1 Å². The van der Waals surface area contributed by atoms with Crippen molar-refractivity contribution in [3.05, 3.63) is 29.6 Å². The quantitative estimate of drug-likeness (QED) is 0.862. The Bertz CT molecular complexity index is 405. The van der Waals surface area contributed by atoms with E-state index < -0.39 is 5.97 Å². The molecule has 1 saturated carbocycles. The molecule has 0 aliphatic heterocycles. The Hall–Kier alpha value is -1.13. The first-order chi connectivity index (χ1) is 7.66. The molecule has 1 aromatic rings. The second-order valence-corrected chi connectivity index (χ2v) is 4.42. The summed E-state index contributed by atoms with van der Waals surface area (Å²) in [5, 5.41) is 8.95. The van der Waals surface area contributed by atoms with Crippen LogP contribution < -0.4 is 5.73 Å². The molecule has 0 bridgehead atoms. The third-order valence-corrected chi connectivity index (χ3v) is 3.36. The zero-order chi connectivity index (χ0) is 11.6. The Labute approximate surface area is 107 Å². The fraction of sp³-hybridized carbons (Fsp3) is 0.500. The molecule has 1 heterocycles. The van der Waals surface area contributed by atoms with Crippen molar-refractivity contribution in [2.75, 3.05) is 0 Å². The first-order valence-electron chi connectivity index (χ1n) is 5.54. The molecule has 0 saturated heterocycles. The van der Waals surface area contributed by atoms with Gasteiger partial charge in [0, 0.05) is 17.7 Å². The largest absolute Gasteiger partial charge is 0.481 e. The number of hydrogen-bond acceptors (Lipinski definition) is 3. The highest BCUT2D eigenvalue weighted by molar-refractivity contribution is 5.85. The van der Waals surface area contributed by atoms with Crippen molar-refractivity contribution in [2.45, 2.75) is 37.6 Å². The Kier molecular flexibility index (Phi) is 4.48. The molecule has 0 unspecified atom stereocenters. The monoisotopic (exact) mass is 256 g/mol. The molecule has 2 rings (SSSR count). The summed E-state index contributed by atoms with van der Waals surface area (Å²) in [6.07, 6.45) is 3.09. The van der Waals surface area contributed by atoms with Crippen LogP contribution in [0.3, 0.4) is 0 Å². The molecule has 1 aromatic heterocycles. The summed E-state index contributed by atoms with van der Waals surface area (Å²) in [4.78, 5) is 15.3. The minimum atomic E-state index is -0.750. The van der Waals surface area contributed by atoms with Gasteiger partial charge in [0.05, 0.1) is 12.1 Å². The minimum absolute atomic E-state index is 0. The first kappa shape index (κ1) is 13.9. The zero-order valence-electron chi connectivity index (χ0n) is 9.56. The Morgan fingerprint density at radius 2 is 2.18 bits per heavy atom. The summed E-state index contributed by atoms with van der Waals surface area (Å²) in [6.45, 7) is 0.400. The fourth-order valence-electron chi connectivity index (χ4n) is 2.31. The summed E-state index contributed by atoms with van der Waals surface area (Å²) in [6, 6.07) is 5.70. The molecular weight excluding hydrogens is 240 g/mol. The van der Waals surface area contributed by atoms with Gasteiger partial charge in [0.1, 0.15) is 0 Å². The topological polar surface area (TPSA) is 76.2 Å². The van der Waals surface area contributed by atoms with Gasteiger partial charge in [0.2, 0.25) is 0 Å². The Morgan fingerprint density at radius 1 is 1.47 bits per heavy atom. The first-order valence-corrected chi connectivity index (χ1v) is 5.54. The van der Waals surface area contributed by atoms with Crippen molar-refractivity contribution < 1.29 is 9.90 Å². The molecule has 17 heavy (non-hydrogen) atoms. The lowest BCUT2D eigenvalue weighted by Gasteiger charge is -2.40. The highest BCUT2D eigenvalue weighted by Gasteiger charge is 2.41. The number of hydrogen-bond donors (Lipinski definition) is 2. The Morgan fingerprint density at radius 3 is 2.65 bits per heavy atom. The van der Waals surface area contributed by atoms with E-state index in [1.807, 2.05) is 18.2 Å². The highest BCUT2D eigenvalue weighted by Crippen LogP contribution is 2.45. The lowest BCUT2D eigenvalue weighted by Crippen LogP contribution is -2.37. The SMILES string of the molecule is Cl.NCc1cccc(C2(CC(=O)O)CCC2)n1. The third-order valence-electron chi connectivity index (χ3n) is 3.36. The van der Waals surface area contributed by atoms with Crippen LogP contribution >= 0.6 is 12.4 Å². The minimum Gasteiger partial charge on any atom is -0.481 e. The number of halogens is 1. The lowest BCUT2D eigenvalue weighted by atomic mass is 9.64. The van der Waals surface area contributed by atoms with Gasteiger partial charge in [-0.1, -0.05) is 12.5 Å². The second-order valence-electron chi connectivity index (χ2n) is 4.42. The molecule has 0 radical (unpaired) electrons. The van der Waals surface area contributed by atoms with Crippen molar-refractivity contribution in [1.82, 2.24) is 4.98 Å². The molecule has 5 heteroatoms. The van der Waals surface area contributed by atoms with Gasteiger partial charge in [-0.15, -0.1) is 12.4 Å². The van der Waals surface area contributed by atoms with Crippen LogP contribution in [0.2, 0.25) is 0 Å². The van der Waals surface area contributed by atoms with Gasteiger partial charge in [0.25, 0.3) is 0 Å². The molecule has 1 aliphatic carbocycles. The molecule has 3 N–H and O–H groups in total. The lowest BCUT2D eigenvalue weighted by molar-refractivity contribution is -0.139. The smallest absolute Gasteiger partial charge is 0.304 e. The van der Waals surface area contributed by atoms with Crippen LogP contribution in [-0.4, -0.2) is 16.1 Å². The fourth-order valence-corrected chi connectivity index (χ4v) is 2.31. The Balaban J connectivity index is 0.00000144. The second kappa shape index (κ2) is 5.47. The van der Waals surface area contributed by atoms with Gasteiger partial charge < -0.3 is 10.8 Å². The number of nitrogens with zero attached hydrogens (tertiary/aromatic N) is 1. The van der Waals surface area contributed by atoms with E-state index in [0.717, 1.165) is 30.7 Å². The van der Waals surface area contributed by atoms with Gasteiger partial charge in [0.15, 0.2) is 0 Å². The number of carboxylic acids is 1. The van der Waals surface area contributed by atoms with Crippen molar-refractivity contribution in [1.29, 1.82) is 0 Å². The van der Waals surface area contributed by atoms with E-state index in [2.05, 4.69) is 4.98 Å². The molecular formula is C12H17ClN2O2. The van der Waals surface area contributed by atoms with E-state index in [-0.39, 0.29) is 24.2 Å². The number of aromatic nitrogens is 1. The van der Waals surface area contributed by atoms with Gasteiger partial charge in [-0.2, -0.15) is 0 Å². The number of carbonyl (C=O) groups is 1. The molecule has 94 valence electrons. The van der Waals surface area contributed by atoms with Crippen LogP contribution in [0.5, 0.6) is 0 Å². The molecule has 1 fully saturated rings. The maximum absolute atomic E-state index is 10.9. The number of rotatable bonds is 4. The van der Waals surface area contributed by atoms with E-state index in [9.17, 15) is 4.79 Å². The van der Waals surface area contributed by atoms with Crippen LogP contribution in [0.4, 0.5) is 0 Å². The predicted molar refractivity (Wildman–Crippen MR) is 67.2 cm³/mol. The molecule has 0 amide bonds. The van der Waals surface area contributed by atoms with E-state index in [0.29, 0.717) is 6.54 Å². The average Bonchev–Trinajstić information content (AvgIpc) is 2.23. The zero-order valence-corrected chi connectivity index (χ0v) is 10.4. The molecule has 1 aliphatic rings. The van der Waals surface area contributed by atoms with Gasteiger partial charge in [-0.25, -0.2) is 0 Å².